The average Bonchev–Trinajstić information content (AvgIpc) is 2.30. The van der Waals surface area contributed by atoms with Crippen molar-refractivity contribution in [2.75, 3.05) is 0 Å². The number of hydrogen-bond donors (Lipinski definition) is 3. The molecule has 1 fully saturated rings. The molecule has 4 heteroatoms. The fourth-order valence-electron chi connectivity index (χ4n) is 2.31. The molecule has 2 rings (SSSR count). The van der Waals surface area contributed by atoms with Crippen LogP contribution in [0.1, 0.15) is 25.3 Å². The van der Waals surface area contributed by atoms with Gasteiger partial charge < -0.3 is 16.2 Å². The van der Waals surface area contributed by atoms with Gasteiger partial charge in [0.25, 0.3) is 0 Å². The Kier molecular flexibility index (Phi) is 3.87. The van der Waals surface area contributed by atoms with Crippen molar-refractivity contribution in [1.29, 1.82) is 0 Å². The van der Waals surface area contributed by atoms with E-state index in [4.69, 9.17) is 5.73 Å². The maximum absolute atomic E-state index is 11.8. The summed E-state index contributed by atoms with van der Waals surface area (Å²) < 4.78 is 0. The fraction of sp³-hybridized carbons (Fsp3) is 0.500. The van der Waals surface area contributed by atoms with E-state index in [0.717, 1.165) is 18.4 Å². The number of nitrogens with two attached hydrogens (primary N) is 1. The molecule has 1 aromatic rings. The van der Waals surface area contributed by atoms with Gasteiger partial charge in [-0.1, -0.05) is 19.1 Å². The Bertz CT molecular complexity index is 410. The molecule has 1 aromatic carbocycles. The standard InChI is InChI=1S/C14H20N2O2/c1-9-6-11(7-9)16-14(18)13(15)8-10-2-4-12(17)5-3-10/h2-5,9,11,13,17H,6-8,15H2,1H3,(H,16,18). The van der Waals surface area contributed by atoms with E-state index in [-0.39, 0.29) is 11.7 Å². The van der Waals surface area contributed by atoms with E-state index in [2.05, 4.69) is 12.2 Å². The molecule has 0 heterocycles. The van der Waals surface area contributed by atoms with Crippen LogP contribution in [0.4, 0.5) is 0 Å². The number of nitrogens with one attached hydrogen (secondary N) is 1. The third-order valence-corrected chi connectivity index (χ3v) is 3.45. The number of hydrogen-bond acceptors (Lipinski definition) is 3. The van der Waals surface area contributed by atoms with Gasteiger partial charge in [-0.25, -0.2) is 0 Å². The van der Waals surface area contributed by atoms with Crippen LogP contribution >= 0.6 is 0 Å². The van der Waals surface area contributed by atoms with Crippen molar-refractivity contribution >= 4 is 5.91 Å². The van der Waals surface area contributed by atoms with Crippen molar-refractivity contribution in [2.45, 2.75) is 38.3 Å². The maximum atomic E-state index is 11.8. The lowest BCUT2D eigenvalue weighted by atomic mass is 9.82. The lowest BCUT2D eigenvalue weighted by Crippen LogP contribution is -2.50. The molecule has 0 spiro atoms. The topological polar surface area (TPSA) is 75.4 Å². The van der Waals surface area contributed by atoms with Gasteiger partial charge >= 0.3 is 0 Å². The van der Waals surface area contributed by atoms with Gasteiger partial charge in [0.2, 0.25) is 5.91 Å². The molecule has 4 nitrogen and oxygen atoms in total. The number of phenols is 1. The highest BCUT2D eigenvalue weighted by atomic mass is 16.3. The Labute approximate surface area is 107 Å². The number of aromatic hydroxyl groups is 1. The summed E-state index contributed by atoms with van der Waals surface area (Å²) in [6.45, 7) is 2.18. The third kappa shape index (κ3) is 3.23. The lowest BCUT2D eigenvalue weighted by Gasteiger charge is -2.34. The Balaban J connectivity index is 1.81. The second-order valence-corrected chi connectivity index (χ2v) is 5.26. The smallest absolute Gasteiger partial charge is 0.237 e. The largest absolute Gasteiger partial charge is 0.508 e. The van der Waals surface area contributed by atoms with Crippen LogP contribution < -0.4 is 11.1 Å². The minimum Gasteiger partial charge on any atom is -0.508 e. The molecule has 0 radical (unpaired) electrons. The first kappa shape index (κ1) is 12.9. The van der Waals surface area contributed by atoms with Gasteiger partial charge in [0.1, 0.15) is 5.75 Å². The number of benzene rings is 1. The lowest BCUT2D eigenvalue weighted by molar-refractivity contribution is -0.123. The number of amides is 1. The summed E-state index contributed by atoms with van der Waals surface area (Å²) in [7, 11) is 0. The Morgan fingerprint density at radius 2 is 2.06 bits per heavy atom. The van der Waals surface area contributed by atoms with Gasteiger partial charge in [0.15, 0.2) is 0 Å². The quantitative estimate of drug-likeness (QED) is 0.749. The normalized spacial score (nSPS) is 24.1. The van der Waals surface area contributed by atoms with Crippen molar-refractivity contribution < 1.29 is 9.90 Å². The summed E-state index contributed by atoms with van der Waals surface area (Å²) in [4.78, 5) is 11.8. The minimum atomic E-state index is -0.523. The van der Waals surface area contributed by atoms with Crippen LogP contribution in [0.5, 0.6) is 5.75 Å². The van der Waals surface area contributed by atoms with E-state index in [0.29, 0.717) is 18.4 Å². The Morgan fingerprint density at radius 1 is 1.44 bits per heavy atom. The average molecular weight is 248 g/mol. The van der Waals surface area contributed by atoms with E-state index in [1.807, 2.05) is 0 Å². The van der Waals surface area contributed by atoms with Crippen molar-refractivity contribution in [3.63, 3.8) is 0 Å². The molecule has 0 saturated heterocycles. The van der Waals surface area contributed by atoms with Crippen molar-refractivity contribution in [3.05, 3.63) is 29.8 Å². The van der Waals surface area contributed by atoms with Gasteiger partial charge in [0, 0.05) is 6.04 Å². The van der Waals surface area contributed by atoms with Gasteiger partial charge in [0.05, 0.1) is 6.04 Å². The molecule has 98 valence electrons. The van der Waals surface area contributed by atoms with Crippen molar-refractivity contribution in [2.24, 2.45) is 11.7 Å². The summed E-state index contributed by atoms with van der Waals surface area (Å²) in [6.07, 6.45) is 2.60. The zero-order chi connectivity index (χ0) is 13.1. The van der Waals surface area contributed by atoms with Crippen LogP contribution in [-0.2, 0) is 11.2 Å². The highest BCUT2D eigenvalue weighted by Crippen LogP contribution is 2.26. The van der Waals surface area contributed by atoms with Gasteiger partial charge in [-0.15, -0.1) is 0 Å². The second-order valence-electron chi connectivity index (χ2n) is 5.26. The van der Waals surface area contributed by atoms with E-state index in [1.165, 1.54) is 0 Å². The molecule has 18 heavy (non-hydrogen) atoms. The molecule has 1 aliphatic rings. The molecule has 4 N–H and O–H groups in total. The number of phenolic OH excluding ortho intramolecular Hbond substituents is 1. The minimum absolute atomic E-state index is 0.0834. The van der Waals surface area contributed by atoms with Crippen molar-refractivity contribution in [1.82, 2.24) is 5.32 Å². The van der Waals surface area contributed by atoms with Crippen LogP contribution in [0, 0.1) is 5.92 Å². The molecule has 1 amide bonds. The first-order chi connectivity index (χ1) is 8.54. The predicted molar refractivity (Wildman–Crippen MR) is 70.1 cm³/mol. The third-order valence-electron chi connectivity index (χ3n) is 3.45. The summed E-state index contributed by atoms with van der Waals surface area (Å²) in [5, 5.41) is 12.1. The SMILES string of the molecule is CC1CC(NC(=O)C(N)Cc2ccc(O)cc2)C1. The van der Waals surface area contributed by atoms with Crippen molar-refractivity contribution in [3.8, 4) is 5.75 Å². The summed E-state index contributed by atoms with van der Waals surface area (Å²) in [5.41, 5.74) is 6.83. The summed E-state index contributed by atoms with van der Waals surface area (Å²) >= 11 is 0. The molecule has 0 aromatic heterocycles. The first-order valence-electron chi connectivity index (χ1n) is 6.38. The zero-order valence-corrected chi connectivity index (χ0v) is 10.6. The predicted octanol–water partition coefficient (Wildman–Crippen LogP) is 1.18. The van der Waals surface area contributed by atoms with Gasteiger partial charge in [-0.2, -0.15) is 0 Å². The number of rotatable bonds is 4. The molecule has 0 aliphatic heterocycles. The van der Waals surface area contributed by atoms with E-state index in [1.54, 1.807) is 24.3 Å². The highest BCUT2D eigenvalue weighted by Gasteiger charge is 2.28. The zero-order valence-electron chi connectivity index (χ0n) is 10.6. The van der Waals surface area contributed by atoms with Crippen LogP contribution in [0.15, 0.2) is 24.3 Å². The van der Waals surface area contributed by atoms with E-state index < -0.39 is 6.04 Å². The van der Waals surface area contributed by atoms with Crippen LogP contribution in [0.2, 0.25) is 0 Å². The molecule has 1 aliphatic carbocycles. The number of carbonyl (C=O) groups excluding carboxylic acids is 1. The van der Waals surface area contributed by atoms with Gasteiger partial charge in [-0.05, 0) is 42.9 Å². The Hall–Kier alpha value is -1.55. The van der Waals surface area contributed by atoms with Gasteiger partial charge in [-0.3, -0.25) is 4.79 Å². The summed E-state index contributed by atoms with van der Waals surface area (Å²) in [6, 6.07) is 6.56. The molecule has 1 saturated carbocycles. The first-order valence-corrected chi connectivity index (χ1v) is 6.38. The van der Waals surface area contributed by atoms with Crippen LogP contribution in [0.3, 0.4) is 0 Å². The Morgan fingerprint density at radius 3 is 2.61 bits per heavy atom. The van der Waals surface area contributed by atoms with Crippen LogP contribution in [-0.4, -0.2) is 23.1 Å². The molecular formula is C14H20N2O2. The highest BCUT2D eigenvalue weighted by molar-refractivity contribution is 5.82. The van der Waals surface area contributed by atoms with E-state index in [9.17, 15) is 9.90 Å². The number of carbonyl (C=O) groups is 1. The molecule has 1 atom stereocenters. The van der Waals surface area contributed by atoms with E-state index >= 15 is 0 Å². The second kappa shape index (κ2) is 5.40. The molecule has 0 bridgehead atoms. The molecular weight excluding hydrogens is 228 g/mol. The fourth-order valence-corrected chi connectivity index (χ4v) is 2.31. The molecule has 1 unspecified atom stereocenters. The maximum Gasteiger partial charge on any atom is 0.237 e. The monoisotopic (exact) mass is 248 g/mol. The van der Waals surface area contributed by atoms with Crippen LogP contribution in [0.25, 0.3) is 0 Å². The summed E-state index contributed by atoms with van der Waals surface area (Å²) in [5.74, 6) is 0.851.